The number of rotatable bonds is 6. The van der Waals surface area contributed by atoms with Crippen LogP contribution in [0.3, 0.4) is 0 Å². The Balaban J connectivity index is 2.58. The van der Waals surface area contributed by atoms with Crippen molar-refractivity contribution >= 4 is 17.3 Å². The van der Waals surface area contributed by atoms with Gasteiger partial charge < -0.3 is 16.2 Å². The average Bonchev–Trinajstić information content (AvgIpc) is 2.32. The monoisotopic (exact) mass is 251 g/mol. The van der Waals surface area contributed by atoms with E-state index in [1.165, 1.54) is 0 Å². The zero-order chi connectivity index (χ0) is 13.5. The number of carbonyl (C=O) groups is 1. The van der Waals surface area contributed by atoms with Crippen molar-refractivity contribution in [1.82, 2.24) is 4.90 Å². The normalized spacial score (nSPS) is 10.7. The molecule has 5 nitrogen and oxygen atoms in total. The fraction of sp³-hybridized carbons (Fsp3) is 0.462. The molecule has 0 aliphatic carbocycles. The summed E-state index contributed by atoms with van der Waals surface area (Å²) in [7, 11) is 0. The number of amides is 1. The van der Waals surface area contributed by atoms with Crippen molar-refractivity contribution in [3.05, 3.63) is 23.8 Å². The molecule has 5 heteroatoms. The number of likely N-dealkylation sites (N-methyl/N-ethyl adjacent to an activating group) is 1. The lowest BCUT2D eigenvalue weighted by Crippen LogP contribution is -2.35. The molecule has 0 bridgehead atoms. The van der Waals surface area contributed by atoms with Gasteiger partial charge in [-0.1, -0.05) is 13.0 Å². The third-order valence-corrected chi connectivity index (χ3v) is 2.71. The zero-order valence-electron chi connectivity index (χ0n) is 10.9. The largest absolute Gasteiger partial charge is 0.397 e. The number of nitrogens with two attached hydrogens (primary N) is 1. The molecule has 1 aromatic rings. The number of aliphatic hydroxyl groups is 1. The van der Waals surface area contributed by atoms with Crippen LogP contribution < -0.4 is 11.1 Å². The highest BCUT2D eigenvalue weighted by Gasteiger charge is 2.09. The minimum absolute atomic E-state index is 0.0494. The summed E-state index contributed by atoms with van der Waals surface area (Å²) < 4.78 is 0. The molecule has 0 saturated heterocycles. The number of carbonyl (C=O) groups excluding carboxylic acids is 1. The third kappa shape index (κ3) is 4.35. The van der Waals surface area contributed by atoms with E-state index in [9.17, 15) is 4.79 Å². The molecule has 4 N–H and O–H groups in total. The summed E-state index contributed by atoms with van der Waals surface area (Å²) in [6.45, 7) is 5.41. The molecule has 18 heavy (non-hydrogen) atoms. The van der Waals surface area contributed by atoms with Crippen LogP contribution in [0.2, 0.25) is 0 Å². The second-order valence-electron chi connectivity index (χ2n) is 4.23. The van der Waals surface area contributed by atoms with Gasteiger partial charge in [-0.25, -0.2) is 0 Å². The summed E-state index contributed by atoms with van der Waals surface area (Å²) in [5.41, 5.74) is 8.07. The Hall–Kier alpha value is -1.59. The number of nitrogens with one attached hydrogen (secondary N) is 1. The lowest BCUT2D eigenvalue weighted by molar-refractivity contribution is -0.117. The Morgan fingerprint density at radius 2 is 2.22 bits per heavy atom. The van der Waals surface area contributed by atoms with Crippen LogP contribution >= 0.6 is 0 Å². The van der Waals surface area contributed by atoms with Crippen molar-refractivity contribution in [3.63, 3.8) is 0 Å². The van der Waals surface area contributed by atoms with Crippen LogP contribution in [0.5, 0.6) is 0 Å². The third-order valence-electron chi connectivity index (χ3n) is 2.71. The lowest BCUT2D eigenvalue weighted by atomic mass is 10.2. The van der Waals surface area contributed by atoms with Gasteiger partial charge in [0.05, 0.1) is 24.5 Å². The molecule has 0 heterocycles. The van der Waals surface area contributed by atoms with E-state index in [0.29, 0.717) is 17.9 Å². The molecule has 1 amide bonds. The van der Waals surface area contributed by atoms with Crippen LogP contribution in [0.15, 0.2) is 18.2 Å². The first-order valence-electron chi connectivity index (χ1n) is 6.06. The summed E-state index contributed by atoms with van der Waals surface area (Å²) in [5, 5.41) is 11.6. The summed E-state index contributed by atoms with van der Waals surface area (Å²) in [6.07, 6.45) is 0. The van der Waals surface area contributed by atoms with Crippen LogP contribution in [0.25, 0.3) is 0 Å². The number of aryl methyl sites for hydroxylation is 1. The van der Waals surface area contributed by atoms with Gasteiger partial charge >= 0.3 is 0 Å². The summed E-state index contributed by atoms with van der Waals surface area (Å²) in [6, 6.07) is 5.52. The molecule has 0 aromatic heterocycles. The Bertz CT molecular complexity index is 407. The van der Waals surface area contributed by atoms with Crippen LogP contribution in [-0.2, 0) is 4.79 Å². The quantitative estimate of drug-likeness (QED) is 0.654. The van der Waals surface area contributed by atoms with Crippen molar-refractivity contribution in [3.8, 4) is 0 Å². The first-order valence-corrected chi connectivity index (χ1v) is 6.06. The van der Waals surface area contributed by atoms with E-state index < -0.39 is 0 Å². The number of nitrogen functional groups attached to an aromatic ring is 1. The number of nitrogens with zero attached hydrogens (tertiary/aromatic N) is 1. The van der Waals surface area contributed by atoms with Crippen molar-refractivity contribution in [2.24, 2.45) is 0 Å². The van der Waals surface area contributed by atoms with Crippen LogP contribution in [0.4, 0.5) is 11.4 Å². The van der Waals surface area contributed by atoms with Crippen molar-refractivity contribution in [2.45, 2.75) is 13.8 Å². The van der Waals surface area contributed by atoms with E-state index in [-0.39, 0.29) is 19.1 Å². The fourth-order valence-electron chi connectivity index (χ4n) is 1.68. The van der Waals surface area contributed by atoms with Gasteiger partial charge in [0.2, 0.25) is 5.91 Å². The second kappa shape index (κ2) is 6.98. The Kier molecular flexibility index (Phi) is 5.61. The predicted molar refractivity (Wildman–Crippen MR) is 73.4 cm³/mol. The molecular weight excluding hydrogens is 230 g/mol. The maximum Gasteiger partial charge on any atom is 0.238 e. The molecule has 0 fully saturated rings. The standard InChI is InChI=1S/C13H21N3O2/c1-3-16(6-7-17)9-13(18)15-12-5-4-10(2)8-11(12)14/h4-5,8,17H,3,6-7,9,14H2,1-2H3,(H,15,18). The van der Waals surface area contributed by atoms with Crippen LogP contribution in [-0.4, -0.2) is 42.2 Å². The molecule has 0 unspecified atom stereocenters. The molecule has 1 rings (SSSR count). The lowest BCUT2D eigenvalue weighted by Gasteiger charge is -2.18. The topological polar surface area (TPSA) is 78.6 Å². The molecule has 0 aliphatic heterocycles. The van der Waals surface area contributed by atoms with E-state index in [1.54, 1.807) is 6.07 Å². The maximum absolute atomic E-state index is 11.8. The Morgan fingerprint density at radius 1 is 1.50 bits per heavy atom. The van der Waals surface area contributed by atoms with Gasteiger partial charge in [0.15, 0.2) is 0 Å². The Morgan fingerprint density at radius 3 is 2.78 bits per heavy atom. The first kappa shape index (κ1) is 14.5. The van der Waals surface area contributed by atoms with Gasteiger partial charge in [0, 0.05) is 6.54 Å². The van der Waals surface area contributed by atoms with Crippen LogP contribution in [0, 0.1) is 6.92 Å². The molecule has 1 aromatic carbocycles. The summed E-state index contributed by atoms with van der Waals surface area (Å²) >= 11 is 0. The summed E-state index contributed by atoms with van der Waals surface area (Å²) in [4.78, 5) is 13.7. The number of benzene rings is 1. The highest BCUT2D eigenvalue weighted by atomic mass is 16.3. The van der Waals surface area contributed by atoms with E-state index in [2.05, 4.69) is 5.32 Å². The van der Waals surface area contributed by atoms with Gasteiger partial charge in [-0.3, -0.25) is 9.69 Å². The minimum Gasteiger partial charge on any atom is -0.397 e. The summed E-state index contributed by atoms with van der Waals surface area (Å²) in [5.74, 6) is -0.124. The number of hydrogen-bond donors (Lipinski definition) is 3. The van der Waals surface area contributed by atoms with Gasteiger partial charge in [-0.2, -0.15) is 0 Å². The highest BCUT2D eigenvalue weighted by molar-refractivity contribution is 5.95. The van der Waals surface area contributed by atoms with E-state index >= 15 is 0 Å². The molecular formula is C13H21N3O2. The Labute approximate surface area is 108 Å². The molecule has 0 atom stereocenters. The number of anilines is 2. The van der Waals surface area contributed by atoms with Crippen molar-refractivity contribution < 1.29 is 9.90 Å². The minimum atomic E-state index is -0.124. The van der Waals surface area contributed by atoms with Gasteiger partial charge in [-0.05, 0) is 31.2 Å². The first-order chi connectivity index (χ1) is 8.56. The smallest absolute Gasteiger partial charge is 0.238 e. The molecule has 0 aliphatic rings. The van der Waals surface area contributed by atoms with Gasteiger partial charge in [-0.15, -0.1) is 0 Å². The highest BCUT2D eigenvalue weighted by Crippen LogP contribution is 2.19. The molecule has 0 spiro atoms. The molecule has 0 saturated carbocycles. The van der Waals surface area contributed by atoms with E-state index in [4.69, 9.17) is 10.8 Å². The molecule has 0 radical (unpaired) electrons. The fourth-order valence-corrected chi connectivity index (χ4v) is 1.68. The number of aliphatic hydroxyl groups excluding tert-OH is 1. The zero-order valence-corrected chi connectivity index (χ0v) is 10.9. The van der Waals surface area contributed by atoms with E-state index in [0.717, 1.165) is 12.1 Å². The second-order valence-corrected chi connectivity index (χ2v) is 4.23. The van der Waals surface area contributed by atoms with Gasteiger partial charge in [0.1, 0.15) is 0 Å². The van der Waals surface area contributed by atoms with Crippen LogP contribution in [0.1, 0.15) is 12.5 Å². The van der Waals surface area contributed by atoms with Crippen molar-refractivity contribution in [2.75, 3.05) is 37.3 Å². The van der Waals surface area contributed by atoms with Gasteiger partial charge in [0.25, 0.3) is 0 Å². The predicted octanol–water partition coefficient (Wildman–Crippen LogP) is 0.830. The van der Waals surface area contributed by atoms with E-state index in [1.807, 2.05) is 30.9 Å². The average molecular weight is 251 g/mol. The SMILES string of the molecule is CCN(CCO)CC(=O)Nc1ccc(C)cc1N. The maximum atomic E-state index is 11.8. The number of hydrogen-bond acceptors (Lipinski definition) is 4. The molecule has 100 valence electrons. The van der Waals surface area contributed by atoms with Crippen molar-refractivity contribution in [1.29, 1.82) is 0 Å².